The Labute approximate surface area is 117 Å². The van der Waals surface area contributed by atoms with Gasteiger partial charge in [-0.3, -0.25) is 14.9 Å². The molecule has 0 aliphatic carbocycles. The number of hydrogen-bond acceptors (Lipinski definition) is 7. The smallest absolute Gasteiger partial charge is 0.275 e. The minimum absolute atomic E-state index is 0.0721. The maximum atomic E-state index is 11.9. The SMILES string of the molecule is NCc1nc(C(=O)Nc2ccc([N+](=O)[O-])cc2O)cs1. The van der Waals surface area contributed by atoms with Crippen molar-refractivity contribution >= 4 is 28.6 Å². The Kier molecular flexibility index (Phi) is 3.91. The van der Waals surface area contributed by atoms with Crippen LogP contribution in [0.25, 0.3) is 0 Å². The van der Waals surface area contributed by atoms with Gasteiger partial charge in [-0.2, -0.15) is 0 Å². The lowest BCUT2D eigenvalue weighted by atomic mass is 10.2. The number of phenols is 1. The summed E-state index contributed by atoms with van der Waals surface area (Å²) in [4.78, 5) is 25.7. The van der Waals surface area contributed by atoms with Crippen molar-refractivity contribution in [2.45, 2.75) is 6.54 Å². The van der Waals surface area contributed by atoms with Crippen LogP contribution in [0.1, 0.15) is 15.5 Å². The molecule has 1 aromatic heterocycles. The quantitative estimate of drug-likeness (QED) is 0.444. The van der Waals surface area contributed by atoms with E-state index in [1.807, 2.05) is 0 Å². The third-order valence-corrected chi connectivity index (χ3v) is 3.27. The van der Waals surface area contributed by atoms with Crippen LogP contribution < -0.4 is 11.1 Å². The minimum atomic E-state index is -0.640. The number of thiazole rings is 1. The number of rotatable bonds is 4. The van der Waals surface area contributed by atoms with E-state index in [0.717, 1.165) is 6.07 Å². The molecular formula is C11H10N4O4S. The monoisotopic (exact) mass is 294 g/mol. The van der Waals surface area contributed by atoms with Crippen LogP contribution in [0, 0.1) is 10.1 Å². The lowest BCUT2D eigenvalue weighted by Gasteiger charge is -2.05. The standard InChI is InChI=1S/C11H10N4O4S/c12-4-10-13-8(5-20-10)11(17)14-7-2-1-6(15(18)19)3-9(7)16/h1-3,5,16H,4,12H2,(H,14,17). The predicted molar refractivity (Wildman–Crippen MR) is 72.7 cm³/mol. The van der Waals surface area contributed by atoms with Gasteiger partial charge in [0.05, 0.1) is 16.7 Å². The van der Waals surface area contributed by atoms with Crippen LogP contribution >= 0.6 is 11.3 Å². The van der Waals surface area contributed by atoms with Crippen LogP contribution in [0.4, 0.5) is 11.4 Å². The molecule has 1 amide bonds. The maximum Gasteiger partial charge on any atom is 0.275 e. The molecule has 8 nitrogen and oxygen atoms in total. The lowest BCUT2D eigenvalue weighted by molar-refractivity contribution is -0.384. The number of nitrogens with zero attached hydrogens (tertiary/aromatic N) is 2. The van der Waals surface area contributed by atoms with Gasteiger partial charge in [0.25, 0.3) is 11.6 Å². The van der Waals surface area contributed by atoms with E-state index < -0.39 is 10.8 Å². The Hall–Kier alpha value is -2.52. The molecule has 1 aromatic carbocycles. The van der Waals surface area contributed by atoms with Gasteiger partial charge in [-0.15, -0.1) is 11.3 Å². The number of hydrogen-bond donors (Lipinski definition) is 3. The summed E-state index contributed by atoms with van der Waals surface area (Å²) in [7, 11) is 0. The highest BCUT2D eigenvalue weighted by Crippen LogP contribution is 2.28. The first-order valence-electron chi connectivity index (χ1n) is 5.44. The fourth-order valence-electron chi connectivity index (χ4n) is 1.43. The van der Waals surface area contributed by atoms with E-state index in [9.17, 15) is 20.0 Å². The lowest BCUT2D eigenvalue weighted by Crippen LogP contribution is -2.12. The Morgan fingerprint density at radius 3 is 2.85 bits per heavy atom. The minimum Gasteiger partial charge on any atom is -0.506 e. The molecule has 2 rings (SSSR count). The van der Waals surface area contributed by atoms with Crippen molar-refractivity contribution in [1.82, 2.24) is 4.98 Å². The van der Waals surface area contributed by atoms with Gasteiger partial charge in [0.1, 0.15) is 16.5 Å². The number of non-ortho nitro benzene ring substituents is 1. The molecule has 0 aliphatic heterocycles. The summed E-state index contributed by atoms with van der Waals surface area (Å²) in [5.41, 5.74) is 5.38. The molecule has 0 unspecified atom stereocenters. The molecular weight excluding hydrogens is 284 g/mol. The molecule has 0 aliphatic rings. The van der Waals surface area contributed by atoms with E-state index in [0.29, 0.717) is 5.01 Å². The molecule has 104 valence electrons. The summed E-state index contributed by atoms with van der Waals surface area (Å²) in [6.07, 6.45) is 0. The van der Waals surface area contributed by atoms with E-state index >= 15 is 0 Å². The summed E-state index contributed by atoms with van der Waals surface area (Å²) in [6.45, 7) is 0.237. The highest BCUT2D eigenvalue weighted by Gasteiger charge is 2.15. The predicted octanol–water partition coefficient (Wildman–Crippen LogP) is 1.47. The summed E-state index contributed by atoms with van der Waals surface area (Å²) in [5.74, 6) is -0.910. The molecule has 0 radical (unpaired) electrons. The second-order valence-corrected chi connectivity index (χ2v) is 4.69. The van der Waals surface area contributed by atoms with Gasteiger partial charge in [0, 0.05) is 18.0 Å². The first-order chi connectivity index (χ1) is 9.51. The third-order valence-electron chi connectivity index (χ3n) is 2.40. The Morgan fingerprint density at radius 2 is 2.30 bits per heavy atom. The van der Waals surface area contributed by atoms with Crippen LogP contribution in [0.15, 0.2) is 23.6 Å². The normalized spacial score (nSPS) is 10.2. The van der Waals surface area contributed by atoms with Crippen molar-refractivity contribution in [1.29, 1.82) is 0 Å². The van der Waals surface area contributed by atoms with Gasteiger partial charge in [-0.05, 0) is 6.07 Å². The molecule has 20 heavy (non-hydrogen) atoms. The van der Waals surface area contributed by atoms with E-state index in [2.05, 4.69) is 10.3 Å². The number of nitrogens with two attached hydrogens (primary N) is 1. The number of amides is 1. The largest absolute Gasteiger partial charge is 0.506 e. The van der Waals surface area contributed by atoms with Gasteiger partial charge in [-0.1, -0.05) is 0 Å². The van der Waals surface area contributed by atoms with Crippen LogP contribution in [0.2, 0.25) is 0 Å². The molecule has 2 aromatic rings. The van der Waals surface area contributed by atoms with Crippen LogP contribution in [0.3, 0.4) is 0 Å². The van der Waals surface area contributed by atoms with Crippen molar-refractivity contribution < 1.29 is 14.8 Å². The van der Waals surface area contributed by atoms with Gasteiger partial charge in [0.2, 0.25) is 0 Å². The van der Waals surface area contributed by atoms with E-state index in [-0.39, 0.29) is 29.4 Å². The highest BCUT2D eigenvalue weighted by molar-refractivity contribution is 7.09. The fraction of sp³-hybridized carbons (Fsp3) is 0.0909. The number of nitro benzene ring substituents is 1. The van der Waals surface area contributed by atoms with Gasteiger partial charge in [-0.25, -0.2) is 4.98 Å². The van der Waals surface area contributed by atoms with E-state index in [1.165, 1.54) is 23.5 Å². The van der Waals surface area contributed by atoms with Gasteiger partial charge < -0.3 is 16.2 Å². The van der Waals surface area contributed by atoms with Crippen molar-refractivity contribution in [3.63, 3.8) is 0 Å². The zero-order valence-electron chi connectivity index (χ0n) is 10.1. The molecule has 0 saturated heterocycles. The Balaban J connectivity index is 2.17. The average Bonchev–Trinajstić information content (AvgIpc) is 2.89. The summed E-state index contributed by atoms with van der Waals surface area (Å²) < 4.78 is 0. The zero-order chi connectivity index (χ0) is 14.7. The zero-order valence-corrected chi connectivity index (χ0v) is 10.9. The van der Waals surface area contributed by atoms with E-state index in [4.69, 9.17) is 5.73 Å². The summed E-state index contributed by atoms with van der Waals surface area (Å²) in [5, 5.41) is 24.7. The fourth-order valence-corrected chi connectivity index (χ4v) is 2.09. The average molecular weight is 294 g/mol. The molecule has 0 fully saturated rings. The van der Waals surface area contributed by atoms with Crippen molar-refractivity contribution in [3.05, 3.63) is 44.4 Å². The van der Waals surface area contributed by atoms with Crippen molar-refractivity contribution in [2.75, 3.05) is 5.32 Å². The molecule has 4 N–H and O–H groups in total. The van der Waals surface area contributed by atoms with Crippen molar-refractivity contribution in [2.24, 2.45) is 5.73 Å². The van der Waals surface area contributed by atoms with Crippen LogP contribution in [0.5, 0.6) is 5.75 Å². The number of benzene rings is 1. The second-order valence-electron chi connectivity index (χ2n) is 3.74. The first-order valence-corrected chi connectivity index (χ1v) is 6.32. The first kappa shape index (κ1) is 13.9. The molecule has 0 saturated carbocycles. The summed E-state index contributed by atoms with van der Waals surface area (Å²) >= 11 is 1.25. The number of nitro groups is 1. The van der Waals surface area contributed by atoms with Crippen molar-refractivity contribution in [3.8, 4) is 5.75 Å². The molecule has 1 heterocycles. The number of anilines is 1. The number of phenolic OH excluding ortho intramolecular Hbond substituents is 1. The molecule has 0 bridgehead atoms. The third kappa shape index (κ3) is 2.90. The number of nitrogens with one attached hydrogen (secondary N) is 1. The Morgan fingerprint density at radius 1 is 1.55 bits per heavy atom. The van der Waals surface area contributed by atoms with Gasteiger partial charge >= 0.3 is 0 Å². The van der Waals surface area contributed by atoms with Crippen LogP contribution in [-0.4, -0.2) is 20.9 Å². The second kappa shape index (κ2) is 5.63. The van der Waals surface area contributed by atoms with Crippen LogP contribution in [-0.2, 0) is 6.54 Å². The highest BCUT2D eigenvalue weighted by atomic mass is 32.1. The number of carbonyl (C=O) groups is 1. The molecule has 0 atom stereocenters. The topological polar surface area (TPSA) is 131 Å². The Bertz CT molecular complexity index is 670. The summed E-state index contributed by atoms with van der Waals surface area (Å²) in [6, 6.07) is 3.39. The number of aromatic nitrogens is 1. The van der Waals surface area contributed by atoms with E-state index in [1.54, 1.807) is 5.38 Å². The molecule has 0 spiro atoms. The van der Waals surface area contributed by atoms with Gasteiger partial charge in [0.15, 0.2) is 0 Å². The number of aromatic hydroxyl groups is 1. The maximum absolute atomic E-state index is 11.9. The molecule has 9 heteroatoms. The number of carbonyl (C=O) groups excluding carboxylic acids is 1.